The molecule has 0 fully saturated rings. The predicted octanol–water partition coefficient (Wildman–Crippen LogP) is -1.52. The van der Waals surface area contributed by atoms with Crippen molar-refractivity contribution < 1.29 is 14.8 Å². The van der Waals surface area contributed by atoms with E-state index in [2.05, 4.69) is 5.10 Å². The van der Waals surface area contributed by atoms with E-state index in [-0.39, 0.29) is 0 Å². The quantitative estimate of drug-likeness (QED) is 0.517. The Hall–Kier alpha value is -0.845. The van der Waals surface area contributed by atoms with Crippen molar-refractivity contribution in [2.24, 2.45) is 0 Å². The second kappa shape index (κ2) is 3.49. The van der Waals surface area contributed by atoms with Crippen molar-refractivity contribution in [3.05, 3.63) is 11.9 Å². The Balaban J connectivity index is 2.34. The zero-order valence-corrected chi connectivity index (χ0v) is 7.18. The lowest BCUT2D eigenvalue weighted by molar-refractivity contribution is 0.125. The maximum atomic E-state index is 9.01. The van der Waals surface area contributed by atoms with Gasteiger partial charge in [0.2, 0.25) is 0 Å². The molecule has 1 aliphatic heterocycles. The van der Waals surface area contributed by atoms with E-state index in [9.17, 15) is 0 Å². The summed E-state index contributed by atoms with van der Waals surface area (Å²) in [7, 11) is -1.45. The van der Waals surface area contributed by atoms with E-state index >= 15 is 0 Å². The molecular weight excluding hydrogens is 171 g/mol. The highest BCUT2D eigenvalue weighted by Gasteiger charge is 2.21. The minimum absolute atomic E-state index is 0.410. The molecule has 5 nitrogen and oxygen atoms in total. The first-order valence-electron chi connectivity index (χ1n) is 4.27. The normalized spacial score (nSPS) is 16.5. The van der Waals surface area contributed by atoms with Crippen LogP contribution in [0.4, 0.5) is 0 Å². The molecule has 1 aromatic heterocycles. The molecule has 2 heterocycles. The maximum absolute atomic E-state index is 9.01. The minimum Gasteiger partial charge on any atom is -0.423 e. The van der Waals surface area contributed by atoms with Crippen LogP contribution in [-0.4, -0.2) is 33.6 Å². The first-order valence-corrected chi connectivity index (χ1v) is 4.27. The van der Waals surface area contributed by atoms with Crippen molar-refractivity contribution in [1.29, 1.82) is 0 Å². The van der Waals surface area contributed by atoms with Crippen molar-refractivity contribution in [3.8, 4) is 0 Å². The van der Waals surface area contributed by atoms with Crippen LogP contribution < -0.4 is 5.46 Å². The van der Waals surface area contributed by atoms with Crippen LogP contribution in [-0.2, 0) is 17.9 Å². The van der Waals surface area contributed by atoms with E-state index in [1.165, 1.54) is 6.20 Å². The van der Waals surface area contributed by atoms with Gasteiger partial charge in [-0.1, -0.05) is 0 Å². The Morgan fingerprint density at radius 2 is 2.38 bits per heavy atom. The van der Waals surface area contributed by atoms with Gasteiger partial charge in [0.1, 0.15) is 0 Å². The summed E-state index contributed by atoms with van der Waals surface area (Å²) >= 11 is 0. The molecule has 70 valence electrons. The van der Waals surface area contributed by atoms with Gasteiger partial charge in [-0.05, 0) is 6.42 Å². The molecule has 0 atom stereocenters. The average molecular weight is 182 g/mol. The Morgan fingerprint density at radius 3 is 3.15 bits per heavy atom. The van der Waals surface area contributed by atoms with Crippen LogP contribution in [0.15, 0.2) is 6.20 Å². The first-order chi connectivity index (χ1) is 6.29. The molecule has 13 heavy (non-hydrogen) atoms. The molecular formula is C7H11BN2O3. The Labute approximate surface area is 76.1 Å². The zero-order valence-electron chi connectivity index (χ0n) is 7.18. The maximum Gasteiger partial charge on any atom is 0.492 e. The molecule has 6 heteroatoms. The Kier molecular flexibility index (Phi) is 2.35. The number of hydrogen-bond acceptors (Lipinski definition) is 4. The number of nitrogens with zero attached hydrogens (tertiary/aromatic N) is 2. The largest absolute Gasteiger partial charge is 0.492 e. The molecule has 2 rings (SSSR count). The summed E-state index contributed by atoms with van der Waals surface area (Å²) in [5.74, 6) is 0. The van der Waals surface area contributed by atoms with Crippen molar-refractivity contribution in [1.82, 2.24) is 9.78 Å². The van der Waals surface area contributed by atoms with Crippen LogP contribution in [0.5, 0.6) is 0 Å². The summed E-state index contributed by atoms with van der Waals surface area (Å²) in [6.07, 6.45) is 2.39. The van der Waals surface area contributed by atoms with E-state index in [1.54, 1.807) is 4.68 Å². The standard InChI is InChI=1S/C7H11BN2O3/c11-8(12)6-4-9-10-2-1-3-13-5-7(6)10/h4,11-12H,1-3,5H2. The fraction of sp³-hybridized carbons (Fsp3) is 0.571. The third-order valence-corrected chi connectivity index (χ3v) is 2.16. The lowest BCUT2D eigenvalue weighted by atomic mass is 9.80. The van der Waals surface area contributed by atoms with Crippen LogP contribution in [0.3, 0.4) is 0 Å². The van der Waals surface area contributed by atoms with Crippen LogP contribution >= 0.6 is 0 Å². The van der Waals surface area contributed by atoms with Gasteiger partial charge >= 0.3 is 7.12 Å². The highest BCUT2D eigenvalue weighted by atomic mass is 16.5. The Morgan fingerprint density at radius 1 is 1.54 bits per heavy atom. The summed E-state index contributed by atoms with van der Waals surface area (Å²) in [6.45, 7) is 1.89. The van der Waals surface area contributed by atoms with Gasteiger partial charge in [0, 0.05) is 24.8 Å². The van der Waals surface area contributed by atoms with Gasteiger partial charge in [0.05, 0.1) is 12.3 Å². The summed E-state index contributed by atoms with van der Waals surface area (Å²) in [6, 6.07) is 0. The molecule has 0 aromatic carbocycles. The first kappa shape index (κ1) is 8.74. The van der Waals surface area contributed by atoms with Crippen molar-refractivity contribution in [2.45, 2.75) is 19.6 Å². The Bertz CT molecular complexity index is 300. The van der Waals surface area contributed by atoms with E-state index in [0.717, 1.165) is 18.7 Å². The van der Waals surface area contributed by atoms with Crippen LogP contribution in [0.25, 0.3) is 0 Å². The highest BCUT2D eigenvalue weighted by molar-refractivity contribution is 6.59. The molecule has 0 amide bonds. The second-order valence-electron chi connectivity index (χ2n) is 3.05. The molecule has 0 saturated heterocycles. The number of aromatic nitrogens is 2. The summed E-state index contributed by atoms with van der Waals surface area (Å²) in [5.41, 5.74) is 1.22. The van der Waals surface area contributed by atoms with E-state index in [4.69, 9.17) is 14.8 Å². The average Bonchev–Trinajstić information content (AvgIpc) is 2.36. The van der Waals surface area contributed by atoms with Gasteiger partial charge in [-0.25, -0.2) is 0 Å². The fourth-order valence-corrected chi connectivity index (χ4v) is 1.48. The van der Waals surface area contributed by atoms with Crippen molar-refractivity contribution in [2.75, 3.05) is 6.61 Å². The molecule has 1 aromatic rings. The number of aryl methyl sites for hydroxylation is 1. The van der Waals surface area contributed by atoms with Crippen molar-refractivity contribution in [3.63, 3.8) is 0 Å². The van der Waals surface area contributed by atoms with Crippen LogP contribution in [0.1, 0.15) is 12.1 Å². The second-order valence-corrected chi connectivity index (χ2v) is 3.05. The molecule has 2 N–H and O–H groups in total. The van der Waals surface area contributed by atoms with Gasteiger partial charge in [-0.15, -0.1) is 0 Å². The van der Waals surface area contributed by atoms with Gasteiger partial charge < -0.3 is 14.8 Å². The minimum atomic E-state index is -1.45. The molecule has 0 bridgehead atoms. The van der Waals surface area contributed by atoms with Crippen LogP contribution in [0.2, 0.25) is 0 Å². The monoisotopic (exact) mass is 182 g/mol. The third-order valence-electron chi connectivity index (χ3n) is 2.16. The highest BCUT2D eigenvalue weighted by Crippen LogP contribution is 2.06. The summed E-state index contributed by atoms with van der Waals surface area (Å²) in [5, 5.41) is 22.1. The molecule has 0 saturated carbocycles. The van der Waals surface area contributed by atoms with Crippen LogP contribution in [0, 0.1) is 0 Å². The summed E-state index contributed by atoms with van der Waals surface area (Å²) < 4.78 is 7.05. The van der Waals surface area contributed by atoms with E-state index in [0.29, 0.717) is 18.7 Å². The smallest absolute Gasteiger partial charge is 0.423 e. The third kappa shape index (κ3) is 1.60. The van der Waals surface area contributed by atoms with E-state index in [1.807, 2.05) is 0 Å². The predicted molar refractivity (Wildman–Crippen MR) is 46.3 cm³/mol. The van der Waals surface area contributed by atoms with Gasteiger partial charge in [-0.3, -0.25) is 4.68 Å². The summed E-state index contributed by atoms with van der Waals surface area (Å²) in [4.78, 5) is 0. The zero-order chi connectivity index (χ0) is 9.26. The number of hydrogen-bond donors (Lipinski definition) is 2. The topological polar surface area (TPSA) is 67.5 Å². The van der Waals surface area contributed by atoms with Gasteiger partial charge in [0.15, 0.2) is 0 Å². The SMILES string of the molecule is OB(O)c1cnn2c1COCCC2. The number of rotatable bonds is 1. The number of fused-ring (bicyclic) bond motifs is 1. The molecule has 1 aliphatic rings. The molecule has 0 unspecified atom stereocenters. The van der Waals surface area contributed by atoms with Gasteiger partial charge in [0.25, 0.3) is 0 Å². The molecule has 0 aliphatic carbocycles. The van der Waals surface area contributed by atoms with Crippen molar-refractivity contribution >= 4 is 12.6 Å². The molecule has 0 radical (unpaired) electrons. The van der Waals surface area contributed by atoms with E-state index < -0.39 is 7.12 Å². The lowest BCUT2D eigenvalue weighted by Gasteiger charge is -2.03. The lowest BCUT2D eigenvalue weighted by Crippen LogP contribution is -2.32. The number of ether oxygens (including phenoxy) is 1. The van der Waals surface area contributed by atoms with Gasteiger partial charge in [-0.2, -0.15) is 5.10 Å². The fourth-order valence-electron chi connectivity index (χ4n) is 1.48. The molecule has 0 spiro atoms.